The van der Waals surface area contributed by atoms with Gasteiger partial charge in [0, 0.05) is 20.2 Å². The zero-order valence-corrected chi connectivity index (χ0v) is 9.37. The van der Waals surface area contributed by atoms with Gasteiger partial charge in [-0.3, -0.25) is 4.79 Å². The van der Waals surface area contributed by atoms with Crippen LogP contribution in [0.3, 0.4) is 0 Å². The molecule has 1 amide bonds. The molecule has 4 nitrogen and oxygen atoms in total. The summed E-state index contributed by atoms with van der Waals surface area (Å²) in [5, 5.41) is 3.24. The molecule has 0 aliphatic carbocycles. The predicted molar refractivity (Wildman–Crippen MR) is 57.6 cm³/mol. The topological polar surface area (TPSA) is 41.6 Å². The second kappa shape index (κ2) is 4.94. The summed E-state index contributed by atoms with van der Waals surface area (Å²) >= 11 is 0. The van der Waals surface area contributed by atoms with Crippen molar-refractivity contribution < 1.29 is 9.53 Å². The van der Waals surface area contributed by atoms with Gasteiger partial charge in [0.2, 0.25) is 5.91 Å². The number of rotatable bonds is 3. The lowest BCUT2D eigenvalue weighted by atomic mass is 10.1. The second-order valence-corrected chi connectivity index (χ2v) is 4.47. The van der Waals surface area contributed by atoms with Gasteiger partial charge in [-0.05, 0) is 25.8 Å². The van der Waals surface area contributed by atoms with E-state index in [1.165, 1.54) is 0 Å². The van der Waals surface area contributed by atoms with Gasteiger partial charge in [-0.15, -0.1) is 0 Å². The van der Waals surface area contributed by atoms with Crippen molar-refractivity contribution in [2.24, 2.45) is 5.92 Å². The molecule has 2 atom stereocenters. The zero-order valence-electron chi connectivity index (χ0n) is 9.37. The lowest BCUT2D eigenvalue weighted by Gasteiger charge is -2.26. The summed E-state index contributed by atoms with van der Waals surface area (Å²) in [6.45, 7) is 3.45. The van der Waals surface area contributed by atoms with Gasteiger partial charge in [0.05, 0.1) is 18.6 Å². The van der Waals surface area contributed by atoms with Crippen LogP contribution in [0.1, 0.15) is 19.3 Å². The van der Waals surface area contributed by atoms with Crippen LogP contribution in [0.5, 0.6) is 0 Å². The van der Waals surface area contributed by atoms with E-state index >= 15 is 0 Å². The summed E-state index contributed by atoms with van der Waals surface area (Å²) in [5.74, 6) is 0.544. The van der Waals surface area contributed by atoms with Gasteiger partial charge >= 0.3 is 0 Å². The fraction of sp³-hybridized carbons (Fsp3) is 0.909. The summed E-state index contributed by atoms with van der Waals surface area (Å²) in [7, 11) is 1.71. The number of likely N-dealkylation sites (tertiary alicyclic amines) is 1. The van der Waals surface area contributed by atoms with Crippen LogP contribution in [-0.2, 0) is 9.53 Å². The highest BCUT2D eigenvalue weighted by Crippen LogP contribution is 2.22. The van der Waals surface area contributed by atoms with E-state index in [1.807, 2.05) is 4.90 Å². The highest BCUT2D eigenvalue weighted by atomic mass is 16.5. The Bertz CT molecular complexity index is 227. The molecule has 0 bridgehead atoms. The van der Waals surface area contributed by atoms with E-state index in [-0.39, 0.29) is 5.92 Å². The molecule has 2 aliphatic rings. The molecule has 0 unspecified atom stereocenters. The first kappa shape index (κ1) is 10.9. The molecule has 1 N–H and O–H groups in total. The van der Waals surface area contributed by atoms with Gasteiger partial charge in [-0.2, -0.15) is 0 Å². The van der Waals surface area contributed by atoms with Crippen molar-refractivity contribution in [1.29, 1.82) is 0 Å². The van der Waals surface area contributed by atoms with Gasteiger partial charge in [0.15, 0.2) is 0 Å². The lowest BCUT2D eigenvalue weighted by Crippen LogP contribution is -2.42. The minimum atomic E-state index is 0.211. The average molecular weight is 212 g/mol. The van der Waals surface area contributed by atoms with Crippen molar-refractivity contribution in [3.05, 3.63) is 0 Å². The Balaban J connectivity index is 1.92. The summed E-state index contributed by atoms with van der Waals surface area (Å²) in [6.07, 6.45) is 3.22. The SMILES string of the molecule is COC[C@@H]1CCCN1C(=O)[C@H]1CCNC1. The molecule has 2 heterocycles. The third kappa shape index (κ3) is 2.32. The monoisotopic (exact) mass is 212 g/mol. The van der Waals surface area contributed by atoms with Gasteiger partial charge in [-0.25, -0.2) is 0 Å². The highest BCUT2D eigenvalue weighted by molar-refractivity contribution is 5.80. The van der Waals surface area contributed by atoms with Crippen LogP contribution in [-0.4, -0.2) is 50.2 Å². The average Bonchev–Trinajstić information content (AvgIpc) is 2.87. The largest absolute Gasteiger partial charge is 0.383 e. The number of hydrogen-bond acceptors (Lipinski definition) is 3. The van der Waals surface area contributed by atoms with E-state index in [0.717, 1.165) is 38.9 Å². The van der Waals surface area contributed by atoms with E-state index < -0.39 is 0 Å². The van der Waals surface area contributed by atoms with Crippen LogP contribution in [0.4, 0.5) is 0 Å². The molecule has 15 heavy (non-hydrogen) atoms. The van der Waals surface area contributed by atoms with Gasteiger partial charge in [0.1, 0.15) is 0 Å². The number of carbonyl (C=O) groups excluding carboxylic acids is 1. The minimum absolute atomic E-state index is 0.211. The number of nitrogens with one attached hydrogen (secondary N) is 1. The molecule has 0 aromatic rings. The van der Waals surface area contributed by atoms with Gasteiger partial charge < -0.3 is 15.0 Å². The molecule has 0 saturated carbocycles. The molecule has 0 aromatic heterocycles. The van der Waals surface area contributed by atoms with E-state index in [4.69, 9.17) is 4.74 Å². The molecule has 0 spiro atoms. The first-order valence-corrected chi connectivity index (χ1v) is 5.83. The maximum absolute atomic E-state index is 12.2. The zero-order chi connectivity index (χ0) is 10.7. The van der Waals surface area contributed by atoms with Crippen molar-refractivity contribution in [3.8, 4) is 0 Å². The summed E-state index contributed by atoms with van der Waals surface area (Å²) < 4.78 is 5.16. The Morgan fingerprint density at radius 3 is 3.07 bits per heavy atom. The predicted octanol–water partition coefficient (Wildman–Crippen LogP) is 0.233. The lowest BCUT2D eigenvalue weighted by molar-refractivity contribution is -0.136. The molecule has 2 rings (SSSR count). The van der Waals surface area contributed by atoms with Crippen molar-refractivity contribution in [2.75, 3.05) is 33.4 Å². The minimum Gasteiger partial charge on any atom is -0.383 e. The number of nitrogens with zero attached hydrogens (tertiary/aromatic N) is 1. The van der Waals surface area contributed by atoms with E-state index in [2.05, 4.69) is 5.32 Å². The fourth-order valence-electron chi connectivity index (χ4n) is 2.59. The Kier molecular flexibility index (Phi) is 3.59. The molecule has 0 radical (unpaired) electrons. The van der Waals surface area contributed by atoms with Gasteiger partial charge in [-0.1, -0.05) is 0 Å². The van der Waals surface area contributed by atoms with E-state index in [9.17, 15) is 4.79 Å². The van der Waals surface area contributed by atoms with Crippen LogP contribution < -0.4 is 5.32 Å². The van der Waals surface area contributed by atoms with Crippen molar-refractivity contribution >= 4 is 5.91 Å². The molecule has 0 aromatic carbocycles. The normalized spacial score (nSPS) is 31.1. The number of amides is 1. The number of carbonyl (C=O) groups is 1. The molecule has 2 aliphatic heterocycles. The van der Waals surface area contributed by atoms with E-state index in [0.29, 0.717) is 18.6 Å². The van der Waals surface area contributed by atoms with E-state index in [1.54, 1.807) is 7.11 Å². The Labute approximate surface area is 91.0 Å². The molecule has 4 heteroatoms. The Hall–Kier alpha value is -0.610. The van der Waals surface area contributed by atoms with Crippen LogP contribution >= 0.6 is 0 Å². The number of hydrogen-bond donors (Lipinski definition) is 1. The third-order valence-corrected chi connectivity index (χ3v) is 3.43. The summed E-state index contributed by atoms with van der Waals surface area (Å²) in [4.78, 5) is 14.2. The third-order valence-electron chi connectivity index (χ3n) is 3.43. The number of ether oxygens (including phenoxy) is 1. The van der Waals surface area contributed by atoms with Crippen LogP contribution in [0.15, 0.2) is 0 Å². The van der Waals surface area contributed by atoms with Crippen LogP contribution in [0, 0.1) is 5.92 Å². The Morgan fingerprint density at radius 1 is 1.53 bits per heavy atom. The van der Waals surface area contributed by atoms with Gasteiger partial charge in [0.25, 0.3) is 0 Å². The first-order valence-electron chi connectivity index (χ1n) is 5.83. The fourth-order valence-corrected chi connectivity index (χ4v) is 2.59. The van der Waals surface area contributed by atoms with Crippen molar-refractivity contribution in [2.45, 2.75) is 25.3 Å². The maximum Gasteiger partial charge on any atom is 0.227 e. The first-order chi connectivity index (χ1) is 7.33. The molecule has 86 valence electrons. The smallest absolute Gasteiger partial charge is 0.227 e. The van der Waals surface area contributed by atoms with Crippen LogP contribution in [0.2, 0.25) is 0 Å². The Morgan fingerprint density at radius 2 is 2.40 bits per heavy atom. The number of methoxy groups -OCH3 is 1. The van der Waals surface area contributed by atoms with Crippen molar-refractivity contribution in [3.63, 3.8) is 0 Å². The summed E-state index contributed by atoms with van der Waals surface area (Å²) in [5.41, 5.74) is 0. The highest BCUT2D eigenvalue weighted by Gasteiger charge is 2.33. The summed E-state index contributed by atoms with van der Waals surface area (Å²) in [6, 6.07) is 0.322. The molecule has 2 saturated heterocycles. The molecule has 2 fully saturated rings. The second-order valence-electron chi connectivity index (χ2n) is 4.47. The quantitative estimate of drug-likeness (QED) is 0.728. The van der Waals surface area contributed by atoms with Crippen molar-refractivity contribution in [1.82, 2.24) is 10.2 Å². The standard InChI is InChI=1S/C11H20N2O2/c1-15-8-10-3-2-6-13(10)11(14)9-4-5-12-7-9/h9-10,12H,2-8H2,1H3/t9-,10-/m0/s1. The van der Waals surface area contributed by atoms with Crippen LogP contribution in [0.25, 0.3) is 0 Å². The molecular weight excluding hydrogens is 192 g/mol. The molecular formula is C11H20N2O2. The maximum atomic E-state index is 12.2.